The second kappa shape index (κ2) is 6.86. The minimum Gasteiger partial charge on any atom is -0.382 e. The van der Waals surface area contributed by atoms with Crippen molar-refractivity contribution >= 4 is 28.5 Å². The highest BCUT2D eigenvalue weighted by atomic mass is 19.1. The molecule has 1 fully saturated rings. The Morgan fingerprint density at radius 1 is 1.14 bits per heavy atom. The lowest BCUT2D eigenvalue weighted by Gasteiger charge is -2.46. The van der Waals surface area contributed by atoms with Crippen molar-refractivity contribution in [1.82, 2.24) is 20.2 Å². The molecule has 2 aromatic heterocycles. The van der Waals surface area contributed by atoms with Gasteiger partial charge >= 0.3 is 0 Å². The van der Waals surface area contributed by atoms with Crippen LogP contribution in [0.3, 0.4) is 0 Å². The molecule has 1 aromatic carbocycles. The Labute approximate surface area is 169 Å². The van der Waals surface area contributed by atoms with Crippen molar-refractivity contribution in [2.24, 2.45) is 11.3 Å². The summed E-state index contributed by atoms with van der Waals surface area (Å²) < 4.78 is 14.6. The van der Waals surface area contributed by atoms with Crippen molar-refractivity contribution in [1.29, 1.82) is 0 Å². The van der Waals surface area contributed by atoms with Crippen LogP contribution in [0.5, 0.6) is 0 Å². The molecule has 0 radical (unpaired) electrons. The van der Waals surface area contributed by atoms with Gasteiger partial charge in [-0.25, -0.2) is 9.37 Å². The third kappa shape index (κ3) is 3.59. The molecule has 1 unspecified atom stereocenters. The van der Waals surface area contributed by atoms with E-state index in [4.69, 9.17) is 11.5 Å². The summed E-state index contributed by atoms with van der Waals surface area (Å²) in [4.78, 5) is 11.2. The second-order valence-corrected chi connectivity index (χ2v) is 9.18. The van der Waals surface area contributed by atoms with Gasteiger partial charge in [-0.3, -0.25) is 5.10 Å². The lowest BCUT2D eigenvalue weighted by Crippen LogP contribution is -2.50. The zero-order chi connectivity index (χ0) is 20.9. The fourth-order valence-electron chi connectivity index (χ4n) is 4.33. The second-order valence-electron chi connectivity index (χ2n) is 9.18. The molecule has 0 saturated carbocycles. The lowest BCUT2D eigenvalue weighted by atomic mass is 9.78. The van der Waals surface area contributed by atoms with Crippen LogP contribution in [0.25, 0.3) is 22.2 Å². The van der Waals surface area contributed by atoms with E-state index in [2.05, 4.69) is 52.8 Å². The number of piperidine rings is 1. The molecule has 8 heteroatoms. The quantitative estimate of drug-likeness (QED) is 0.603. The molecule has 3 heterocycles. The number of aromatic nitrogens is 4. The van der Waals surface area contributed by atoms with Crippen molar-refractivity contribution in [3.05, 3.63) is 24.0 Å². The van der Waals surface area contributed by atoms with Gasteiger partial charge in [-0.1, -0.05) is 27.7 Å². The van der Waals surface area contributed by atoms with E-state index < -0.39 is 5.82 Å². The molecule has 4 rings (SSSR count). The summed E-state index contributed by atoms with van der Waals surface area (Å²) in [6, 6.07) is 5.44. The van der Waals surface area contributed by atoms with Gasteiger partial charge in [0.1, 0.15) is 11.6 Å². The summed E-state index contributed by atoms with van der Waals surface area (Å²) in [5.74, 6) is 1.22. The van der Waals surface area contributed by atoms with Crippen molar-refractivity contribution in [3.63, 3.8) is 0 Å². The highest BCUT2D eigenvalue weighted by molar-refractivity contribution is 5.92. The molecule has 0 bridgehead atoms. The molecular weight excluding hydrogens is 369 g/mol. The maximum absolute atomic E-state index is 14.6. The highest BCUT2D eigenvalue weighted by Crippen LogP contribution is 2.37. The van der Waals surface area contributed by atoms with Gasteiger partial charge in [0.25, 0.3) is 0 Å². The minimum atomic E-state index is -0.443. The predicted molar refractivity (Wildman–Crippen MR) is 115 cm³/mol. The Morgan fingerprint density at radius 3 is 2.62 bits per heavy atom. The van der Waals surface area contributed by atoms with Gasteiger partial charge in [0.15, 0.2) is 5.82 Å². The van der Waals surface area contributed by atoms with E-state index in [1.54, 1.807) is 6.07 Å². The number of fused-ring (bicyclic) bond motifs is 1. The number of nitrogens with two attached hydrogens (primary N) is 2. The Kier molecular flexibility index (Phi) is 4.59. The maximum Gasteiger partial charge on any atom is 0.222 e. The van der Waals surface area contributed by atoms with Gasteiger partial charge in [0.2, 0.25) is 5.95 Å². The minimum absolute atomic E-state index is 0.0957. The fraction of sp³-hybridized carbons (Fsp3) is 0.476. The molecule has 1 saturated heterocycles. The predicted octanol–water partition coefficient (Wildman–Crippen LogP) is 3.97. The number of nitrogens with one attached hydrogen (secondary N) is 1. The molecule has 154 valence electrons. The van der Waals surface area contributed by atoms with Crippen LogP contribution in [0, 0.1) is 17.2 Å². The zero-order valence-electron chi connectivity index (χ0n) is 17.3. The van der Waals surface area contributed by atoms with Crippen molar-refractivity contribution in [2.45, 2.75) is 46.6 Å². The van der Waals surface area contributed by atoms with Crippen LogP contribution in [0.2, 0.25) is 0 Å². The van der Waals surface area contributed by atoms with E-state index >= 15 is 0 Å². The summed E-state index contributed by atoms with van der Waals surface area (Å²) in [5.41, 5.74) is 13.6. The van der Waals surface area contributed by atoms with Gasteiger partial charge in [-0.2, -0.15) is 10.1 Å². The molecule has 1 aliphatic rings. The number of nitrogens with zero attached hydrogens (tertiary/aromatic N) is 4. The van der Waals surface area contributed by atoms with Crippen LogP contribution < -0.4 is 16.4 Å². The zero-order valence-corrected chi connectivity index (χ0v) is 17.3. The average molecular weight is 398 g/mol. The number of H-pyrrole nitrogens is 1. The Hall–Kier alpha value is -2.90. The molecule has 0 aliphatic carbocycles. The van der Waals surface area contributed by atoms with E-state index in [9.17, 15) is 4.39 Å². The van der Waals surface area contributed by atoms with Crippen LogP contribution in [-0.2, 0) is 0 Å². The summed E-state index contributed by atoms with van der Waals surface area (Å²) in [6.07, 6.45) is 2.28. The Morgan fingerprint density at radius 2 is 1.90 bits per heavy atom. The van der Waals surface area contributed by atoms with E-state index in [0.717, 1.165) is 18.8 Å². The van der Waals surface area contributed by atoms with Crippen LogP contribution in [-0.4, -0.2) is 32.8 Å². The first kappa shape index (κ1) is 19.4. The van der Waals surface area contributed by atoms with Crippen LogP contribution in [0.1, 0.15) is 40.5 Å². The van der Waals surface area contributed by atoms with E-state index in [1.165, 1.54) is 12.5 Å². The van der Waals surface area contributed by atoms with Gasteiger partial charge in [-0.05, 0) is 36.3 Å². The smallest absolute Gasteiger partial charge is 0.222 e. The fourth-order valence-corrected chi connectivity index (χ4v) is 4.33. The Bertz CT molecular complexity index is 1050. The number of hydrogen-bond acceptors (Lipinski definition) is 6. The SMILES string of the molecule is C[C@@H]1CCC(C(C)(C)C)N(c2cc(-c3cc(F)c4c(N)n[nH]c4c3)nc(N)n2)C1. The number of benzene rings is 1. The molecule has 0 amide bonds. The first-order chi connectivity index (χ1) is 13.6. The van der Waals surface area contributed by atoms with E-state index in [-0.39, 0.29) is 22.6 Å². The van der Waals surface area contributed by atoms with Gasteiger partial charge < -0.3 is 16.4 Å². The molecule has 7 nitrogen and oxygen atoms in total. The van der Waals surface area contributed by atoms with Crippen LogP contribution >= 0.6 is 0 Å². The first-order valence-electron chi connectivity index (χ1n) is 9.98. The largest absolute Gasteiger partial charge is 0.382 e. The summed E-state index contributed by atoms with van der Waals surface area (Å²) in [7, 11) is 0. The standard InChI is InChI=1S/C21H28FN7/c1-11-5-6-16(21(2,3)4)29(10-11)17-9-14(25-20(24)26-17)12-7-13(22)18-15(8-12)27-28-19(18)23/h7-9,11,16H,5-6,10H2,1-4H3,(H3,23,27,28)(H2,24,25,26)/t11-,16?/m1/s1. The first-order valence-corrected chi connectivity index (χ1v) is 9.98. The molecule has 2 atom stereocenters. The number of rotatable bonds is 2. The van der Waals surface area contributed by atoms with Crippen molar-refractivity contribution in [2.75, 3.05) is 22.9 Å². The number of anilines is 3. The van der Waals surface area contributed by atoms with Crippen molar-refractivity contribution in [3.8, 4) is 11.3 Å². The van der Waals surface area contributed by atoms with Crippen LogP contribution in [0.15, 0.2) is 18.2 Å². The van der Waals surface area contributed by atoms with Gasteiger partial charge in [0, 0.05) is 24.2 Å². The maximum atomic E-state index is 14.6. The molecular formula is C21H28FN7. The summed E-state index contributed by atoms with van der Waals surface area (Å²) >= 11 is 0. The number of halogens is 1. The third-order valence-corrected chi connectivity index (χ3v) is 5.78. The number of nitrogen functional groups attached to an aromatic ring is 2. The Balaban J connectivity index is 1.80. The van der Waals surface area contributed by atoms with Gasteiger partial charge in [-0.15, -0.1) is 0 Å². The van der Waals surface area contributed by atoms with E-state index in [0.29, 0.717) is 28.7 Å². The number of aromatic amines is 1. The average Bonchev–Trinajstić information content (AvgIpc) is 3.01. The van der Waals surface area contributed by atoms with Gasteiger partial charge in [0.05, 0.1) is 16.6 Å². The highest BCUT2D eigenvalue weighted by Gasteiger charge is 2.35. The summed E-state index contributed by atoms with van der Waals surface area (Å²) in [5, 5.41) is 6.94. The summed E-state index contributed by atoms with van der Waals surface area (Å²) in [6.45, 7) is 9.90. The van der Waals surface area contributed by atoms with E-state index in [1.807, 2.05) is 6.07 Å². The third-order valence-electron chi connectivity index (χ3n) is 5.78. The molecule has 3 aromatic rings. The molecule has 29 heavy (non-hydrogen) atoms. The molecule has 5 N–H and O–H groups in total. The lowest BCUT2D eigenvalue weighted by molar-refractivity contribution is 0.235. The van der Waals surface area contributed by atoms with Crippen LogP contribution in [0.4, 0.5) is 22.0 Å². The number of hydrogen-bond donors (Lipinski definition) is 3. The topological polar surface area (TPSA) is 110 Å². The van der Waals surface area contributed by atoms with Crippen molar-refractivity contribution < 1.29 is 4.39 Å². The molecule has 0 spiro atoms. The normalized spacial score (nSPS) is 20.4. The molecule has 1 aliphatic heterocycles. The monoisotopic (exact) mass is 397 g/mol.